The normalized spacial score (nSPS) is 11.9. The Morgan fingerprint density at radius 2 is 1.00 bits per heavy atom. The Labute approximate surface area is 361 Å². The van der Waals surface area contributed by atoms with Gasteiger partial charge < -0.3 is 13.9 Å². The highest BCUT2D eigenvalue weighted by atomic mass is 32.1. The monoisotopic (exact) mass is 808 g/mol. The smallest absolute Gasteiger partial charge is 0.143 e. The molecule has 3 heterocycles. The molecular formula is C58H36N2OS. The molecule has 0 aliphatic heterocycles. The molecule has 0 bridgehead atoms. The predicted octanol–water partition coefficient (Wildman–Crippen LogP) is 17.0. The second kappa shape index (κ2) is 13.8. The van der Waals surface area contributed by atoms with Gasteiger partial charge in [-0.2, -0.15) is 0 Å². The molecule has 0 fully saturated rings. The van der Waals surface area contributed by atoms with E-state index in [0.29, 0.717) is 0 Å². The van der Waals surface area contributed by atoms with Crippen molar-refractivity contribution in [1.82, 2.24) is 4.57 Å². The molecule has 13 aromatic rings. The first-order chi connectivity index (χ1) is 30.8. The van der Waals surface area contributed by atoms with Crippen molar-refractivity contribution in [1.29, 1.82) is 0 Å². The summed E-state index contributed by atoms with van der Waals surface area (Å²) < 4.78 is 11.6. The molecule has 0 saturated heterocycles. The van der Waals surface area contributed by atoms with Crippen LogP contribution in [-0.4, -0.2) is 4.57 Å². The third-order valence-corrected chi connectivity index (χ3v) is 13.8. The van der Waals surface area contributed by atoms with E-state index < -0.39 is 0 Å². The highest BCUT2D eigenvalue weighted by molar-refractivity contribution is 7.26. The van der Waals surface area contributed by atoms with Crippen LogP contribution in [0, 0.1) is 0 Å². The molecular weight excluding hydrogens is 773 g/mol. The number of rotatable bonds is 6. The van der Waals surface area contributed by atoms with Gasteiger partial charge in [0.25, 0.3) is 0 Å². The number of hydrogen-bond acceptors (Lipinski definition) is 3. The largest absolute Gasteiger partial charge is 0.455 e. The quantitative estimate of drug-likeness (QED) is 0.167. The van der Waals surface area contributed by atoms with Gasteiger partial charge in [0.05, 0.1) is 22.4 Å². The van der Waals surface area contributed by atoms with Gasteiger partial charge in [-0.1, -0.05) is 158 Å². The van der Waals surface area contributed by atoms with Crippen molar-refractivity contribution >= 4 is 103 Å². The Hall–Kier alpha value is -7.92. The highest BCUT2D eigenvalue weighted by Gasteiger charge is 2.24. The van der Waals surface area contributed by atoms with E-state index in [1.165, 1.54) is 63.9 Å². The molecule has 0 aliphatic rings. The van der Waals surface area contributed by atoms with Crippen LogP contribution in [0.15, 0.2) is 223 Å². The number of para-hydroxylation sites is 5. The number of furan rings is 1. The Morgan fingerprint density at radius 1 is 0.403 bits per heavy atom. The summed E-state index contributed by atoms with van der Waals surface area (Å²) in [5, 5.41) is 9.63. The van der Waals surface area contributed by atoms with Crippen LogP contribution >= 0.6 is 11.3 Å². The van der Waals surface area contributed by atoms with Gasteiger partial charge in [0.15, 0.2) is 0 Å². The Bertz CT molecular complexity index is 3830. The SMILES string of the molecule is c1ccc(N(c2cc(-c3ccc(-n4c5ccccc5c5ccccc54)cc3)c3sc4ccccc4c3c2)c2cccc3ccccc23)c(-c2cccc3c2oc2ccccc23)c1. The van der Waals surface area contributed by atoms with Gasteiger partial charge in [0.1, 0.15) is 11.2 Å². The fourth-order valence-electron chi connectivity index (χ4n) is 9.81. The van der Waals surface area contributed by atoms with E-state index in [1.807, 2.05) is 17.4 Å². The van der Waals surface area contributed by atoms with E-state index in [9.17, 15) is 0 Å². The van der Waals surface area contributed by atoms with Crippen molar-refractivity contribution in [2.24, 2.45) is 0 Å². The Balaban J connectivity index is 1.07. The average molecular weight is 809 g/mol. The van der Waals surface area contributed by atoms with Gasteiger partial charge in [-0.15, -0.1) is 11.3 Å². The Morgan fingerprint density at radius 3 is 1.82 bits per heavy atom. The van der Waals surface area contributed by atoms with Crippen molar-refractivity contribution < 1.29 is 4.42 Å². The molecule has 0 N–H and O–H groups in total. The number of nitrogens with zero attached hydrogens (tertiary/aromatic N) is 2. The number of thiophene rings is 1. The minimum Gasteiger partial charge on any atom is -0.455 e. The topological polar surface area (TPSA) is 21.3 Å². The van der Waals surface area contributed by atoms with Gasteiger partial charge in [0, 0.05) is 75.2 Å². The third-order valence-electron chi connectivity index (χ3n) is 12.6. The second-order valence-corrected chi connectivity index (χ2v) is 17.1. The molecule has 0 radical (unpaired) electrons. The van der Waals surface area contributed by atoms with E-state index in [-0.39, 0.29) is 0 Å². The molecule has 0 atom stereocenters. The van der Waals surface area contributed by atoms with Crippen LogP contribution in [0.2, 0.25) is 0 Å². The summed E-state index contributed by atoms with van der Waals surface area (Å²) in [6.45, 7) is 0. The summed E-state index contributed by atoms with van der Waals surface area (Å²) in [5.41, 5.74) is 13.1. The number of anilines is 3. The minimum atomic E-state index is 0.891. The second-order valence-electron chi connectivity index (χ2n) is 16.0. The molecule has 3 nitrogen and oxygen atoms in total. The zero-order valence-electron chi connectivity index (χ0n) is 33.5. The van der Waals surface area contributed by atoms with E-state index in [4.69, 9.17) is 4.42 Å². The Kier molecular flexibility index (Phi) is 7.78. The molecule has 10 aromatic carbocycles. The summed E-state index contributed by atoms with van der Waals surface area (Å²) in [4.78, 5) is 2.47. The molecule has 13 rings (SSSR count). The van der Waals surface area contributed by atoms with E-state index >= 15 is 0 Å². The maximum Gasteiger partial charge on any atom is 0.143 e. The van der Waals surface area contributed by atoms with Crippen molar-refractivity contribution in [2.75, 3.05) is 4.90 Å². The summed E-state index contributed by atoms with van der Waals surface area (Å²) in [6, 6.07) is 79.3. The first-order valence-corrected chi connectivity index (χ1v) is 21.9. The molecule has 0 spiro atoms. The lowest BCUT2D eigenvalue weighted by Gasteiger charge is -2.29. The van der Waals surface area contributed by atoms with Crippen LogP contribution < -0.4 is 4.90 Å². The molecule has 3 aromatic heterocycles. The van der Waals surface area contributed by atoms with Gasteiger partial charge in [-0.25, -0.2) is 0 Å². The van der Waals surface area contributed by atoms with E-state index in [0.717, 1.165) is 55.8 Å². The van der Waals surface area contributed by atoms with Crippen molar-refractivity contribution in [3.8, 4) is 27.9 Å². The molecule has 0 aliphatic carbocycles. The maximum absolute atomic E-state index is 6.69. The van der Waals surface area contributed by atoms with E-state index in [1.54, 1.807) is 0 Å². The number of fused-ring (bicyclic) bond motifs is 10. The summed E-state index contributed by atoms with van der Waals surface area (Å²) in [7, 11) is 0. The van der Waals surface area contributed by atoms with Crippen LogP contribution in [0.3, 0.4) is 0 Å². The van der Waals surface area contributed by atoms with Gasteiger partial charge in [-0.05, 0) is 71.6 Å². The van der Waals surface area contributed by atoms with Crippen LogP contribution in [0.25, 0.3) is 103 Å². The third kappa shape index (κ3) is 5.30. The van der Waals surface area contributed by atoms with Gasteiger partial charge in [-0.3, -0.25) is 0 Å². The predicted molar refractivity (Wildman–Crippen MR) is 264 cm³/mol. The molecule has 0 amide bonds. The lowest BCUT2D eigenvalue weighted by Crippen LogP contribution is -2.12. The van der Waals surface area contributed by atoms with Gasteiger partial charge >= 0.3 is 0 Å². The van der Waals surface area contributed by atoms with E-state index in [2.05, 4.69) is 222 Å². The first kappa shape index (κ1) is 34.9. The average Bonchev–Trinajstić information content (AvgIpc) is 4.02. The lowest BCUT2D eigenvalue weighted by molar-refractivity contribution is 0.670. The highest BCUT2D eigenvalue weighted by Crippen LogP contribution is 2.50. The van der Waals surface area contributed by atoms with Crippen LogP contribution in [0.1, 0.15) is 0 Å². The zero-order chi connectivity index (χ0) is 40.7. The standard InChI is InChI=1S/C58H36N2OS/c1-2-17-41-37(15-1)16-13-28-51(41)60(54-27-10-5-20-44(54)47-23-14-24-48-45-21-6-11-29-55(45)61-57(47)48)40-35-49(58-50(36-40)46-22-7-12-30-56(46)62-58)38-31-33-39(34-32-38)59-52-25-8-3-18-42(52)43-19-4-9-26-53(43)59/h1-36H. The maximum atomic E-state index is 6.69. The number of hydrogen-bond donors (Lipinski definition) is 0. The zero-order valence-corrected chi connectivity index (χ0v) is 34.3. The van der Waals surface area contributed by atoms with Crippen LogP contribution in [-0.2, 0) is 0 Å². The van der Waals surface area contributed by atoms with Crippen LogP contribution in [0.5, 0.6) is 0 Å². The van der Waals surface area contributed by atoms with Crippen molar-refractivity contribution in [3.63, 3.8) is 0 Å². The fourth-order valence-corrected chi connectivity index (χ4v) is 11.0. The molecule has 290 valence electrons. The van der Waals surface area contributed by atoms with Crippen molar-refractivity contribution in [2.45, 2.75) is 0 Å². The fraction of sp³-hybridized carbons (Fsp3) is 0. The lowest BCUT2D eigenvalue weighted by atomic mass is 9.97. The molecule has 0 saturated carbocycles. The number of aromatic nitrogens is 1. The molecule has 4 heteroatoms. The first-order valence-electron chi connectivity index (χ1n) is 21.1. The summed E-state index contributed by atoms with van der Waals surface area (Å²) in [6.07, 6.45) is 0. The van der Waals surface area contributed by atoms with Crippen LogP contribution in [0.4, 0.5) is 17.1 Å². The summed E-state index contributed by atoms with van der Waals surface area (Å²) in [5.74, 6) is 0. The minimum absolute atomic E-state index is 0.891. The van der Waals surface area contributed by atoms with Gasteiger partial charge in [0.2, 0.25) is 0 Å². The van der Waals surface area contributed by atoms with Crippen molar-refractivity contribution in [3.05, 3.63) is 218 Å². The molecule has 0 unspecified atom stereocenters. The molecule has 62 heavy (non-hydrogen) atoms. The summed E-state index contributed by atoms with van der Waals surface area (Å²) >= 11 is 1.87. The number of benzene rings is 10.